The Kier molecular flexibility index (Phi) is 5.97. The van der Waals surface area contributed by atoms with Gasteiger partial charge in [0.1, 0.15) is 5.69 Å². The van der Waals surface area contributed by atoms with E-state index in [1.165, 1.54) is 32.2 Å². The van der Waals surface area contributed by atoms with E-state index in [2.05, 4.69) is 9.88 Å². The maximum Gasteiger partial charge on any atom is 0.271 e. The molecule has 2 saturated heterocycles. The van der Waals surface area contributed by atoms with Gasteiger partial charge >= 0.3 is 0 Å². The van der Waals surface area contributed by atoms with Crippen LogP contribution in [0.25, 0.3) is 0 Å². The first-order valence-electron chi connectivity index (χ1n) is 10.1. The van der Waals surface area contributed by atoms with E-state index in [0.29, 0.717) is 13.2 Å². The number of hydrogen-bond donors (Lipinski definition) is 1. The average Bonchev–Trinajstić information content (AvgIpc) is 3.26. The van der Waals surface area contributed by atoms with Crippen LogP contribution in [0.15, 0.2) is 47.4 Å². The predicted molar refractivity (Wildman–Crippen MR) is 109 cm³/mol. The molecule has 7 heteroatoms. The third kappa shape index (κ3) is 4.21. The van der Waals surface area contributed by atoms with Crippen LogP contribution in [0.4, 0.5) is 0 Å². The van der Waals surface area contributed by atoms with Crippen molar-refractivity contribution in [2.24, 2.45) is 0 Å². The lowest BCUT2D eigenvalue weighted by molar-refractivity contribution is -0.0708. The Balaban J connectivity index is 1.64. The molecule has 2 aliphatic heterocycles. The summed E-state index contributed by atoms with van der Waals surface area (Å²) < 4.78 is 11.2. The molecular weight excluding hydrogens is 370 g/mol. The van der Waals surface area contributed by atoms with E-state index in [1.54, 1.807) is 0 Å². The van der Waals surface area contributed by atoms with Gasteiger partial charge in [-0.05, 0) is 31.5 Å². The first kappa shape index (κ1) is 19.7. The molecule has 154 valence electrons. The van der Waals surface area contributed by atoms with Gasteiger partial charge in [0.15, 0.2) is 5.75 Å². The summed E-state index contributed by atoms with van der Waals surface area (Å²) in [4.78, 5) is 32.7. The van der Waals surface area contributed by atoms with E-state index in [9.17, 15) is 9.59 Å². The number of likely N-dealkylation sites (tertiary alicyclic amines) is 1. The van der Waals surface area contributed by atoms with Crippen LogP contribution in [-0.2, 0) is 4.74 Å². The van der Waals surface area contributed by atoms with Crippen molar-refractivity contribution in [2.45, 2.75) is 25.0 Å². The maximum atomic E-state index is 13.4. The number of benzene rings is 1. The monoisotopic (exact) mass is 397 g/mol. The van der Waals surface area contributed by atoms with Crippen molar-refractivity contribution in [2.75, 3.05) is 39.9 Å². The topological polar surface area (TPSA) is 74.9 Å². The molecule has 2 fully saturated rings. The van der Waals surface area contributed by atoms with E-state index >= 15 is 0 Å². The Hall–Kier alpha value is -2.64. The van der Waals surface area contributed by atoms with E-state index in [0.717, 1.165) is 25.2 Å². The highest BCUT2D eigenvalue weighted by Gasteiger charge is 2.38. The molecular formula is C22H27N3O4. The third-order valence-corrected chi connectivity index (χ3v) is 5.72. The van der Waals surface area contributed by atoms with Crippen molar-refractivity contribution in [1.29, 1.82) is 0 Å². The Labute approximate surface area is 170 Å². The van der Waals surface area contributed by atoms with Crippen molar-refractivity contribution >= 4 is 5.91 Å². The van der Waals surface area contributed by atoms with Gasteiger partial charge in [-0.3, -0.25) is 9.59 Å². The largest absolute Gasteiger partial charge is 0.491 e. The number of nitrogens with one attached hydrogen (secondary N) is 1. The molecule has 1 N–H and O–H groups in total. The highest BCUT2D eigenvalue weighted by atomic mass is 16.5. The zero-order valence-electron chi connectivity index (χ0n) is 16.7. The van der Waals surface area contributed by atoms with Gasteiger partial charge in [0.05, 0.1) is 25.9 Å². The van der Waals surface area contributed by atoms with Gasteiger partial charge in [0.2, 0.25) is 5.43 Å². The quantitative estimate of drug-likeness (QED) is 0.836. The summed E-state index contributed by atoms with van der Waals surface area (Å²) in [5.41, 5.74) is 0.992. The van der Waals surface area contributed by atoms with Crippen LogP contribution < -0.4 is 10.2 Å². The lowest BCUT2D eigenvalue weighted by Gasteiger charge is -2.42. The number of H-pyrrole nitrogens is 1. The van der Waals surface area contributed by atoms with Crippen LogP contribution in [0, 0.1) is 0 Å². The molecule has 0 bridgehead atoms. The Bertz CT molecular complexity index is 892. The molecule has 2 aromatic rings. The fourth-order valence-electron chi connectivity index (χ4n) is 4.27. The molecule has 0 saturated carbocycles. The lowest BCUT2D eigenvalue weighted by atomic mass is 9.97. The van der Waals surface area contributed by atoms with Crippen LogP contribution in [0.2, 0.25) is 0 Å². The standard InChI is InChI=1S/C22H27N3O4/c1-28-19-14-23-17(13-18(19)26)22(27)25-11-12-29-20(15-24-9-5-6-10-24)21(25)16-7-3-2-4-8-16/h2-4,7-8,13-14,20-21H,5-6,9-12,15H2,1H3,(H,23,26)/t20-,21-/m0/s1. The minimum atomic E-state index is -0.312. The molecule has 7 nitrogen and oxygen atoms in total. The number of nitrogens with zero attached hydrogens (tertiary/aromatic N) is 2. The second-order valence-electron chi connectivity index (χ2n) is 7.55. The number of aromatic amines is 1. The van der Waals surface area contributed by atoms with Gasteiger partial charge in [-0.25, -0.2) is 0 Å². The molecule has 4 rings (SSSR count). The average molecular weight is 397 g/mol. The Morgan fingerprint density at radius 2 is 1.97 bits per heavy atom. The van der Waals surface area contributed by atoms with Crippen LogP contribution in [0.1, 0.15) is 34.9 Å². The smallest absolute Gasteiger partial charge is 0.271 e. The SMILES string of the molecule is COc1c[nH]c(C(=O)N2CCO[C@@H](CN3CCCC3)[C@@H]2c2ccccc2)cc1=O. The van der Waals surface area contributed by atoms with Gasteiger partial charge in [0, 0.05) is 25.4 Å². The van der Waals surface area contributed by atoms with Gasteiger partial charge in [0.25, 0.3) is 5.91 Å². The molecule has 0 radical (unpaired) electrons. The number of carbonyl (C=O) groups is 1. The molecule has 2 aliphatic rings. The van der Waals surface area contributed by atoms with Gasteiger partial charge in [-0.2, -0.15) is 0 Å². The van der Waals surface area contributed by atoms with Crippen LogP contribution in [-0.4, -0.2) is 66.7 Å². The van der Waals surface area contributed by atoms with Crippen molar-refractivity contribution in [3.8, 4) is 5.75 Å². The zero-order valence-corrected chi connectivity index (χ0v) is 16.7. The second-order valence-corrected chi connectivity index (χ2v) is 7.55. The summed E-state index contributed by atoms with van der Waals surface area (Å²) in [6.45, 7) is 3.89. The van der Waals surface area contributed by atoms with Gasteiger partial charge < -0.3 is 24.3 Å². The molecule has 3 heterocycles. The summed E-state index contributed by atoms with van der Waals surface area (Å²) >= 11 is 0. The molecule has 1 aromatic heterocycles. The van der Waals surface area contributed by atoms with Crippen LogP contribution >= 0.6 is 0 Å². The Morgan fingerprint density at radius 1 is 1.21 bits per heavy atom. The number of pyridine rings is 1. The van der Waals surface area contributed by atoms with E-state index < -0.39 is 0 Å². The summed E-state index contributed by atoms with van der Waals surface area (Å²) in [5.74, 6) is -0.0108. The summed E-state index contributed by atoms with van der Waals surface area (Å²) in [6.07, 6.45) is 3.74. The molecule has 0 unspecified atom stereocenters. The van der Waals surface area contributed by atoms with E-state index in [4.69, 9.17) is 9.47 Å². The third-order valence-electron chi connectivity index (χ3n) is 5.72. The summed E-state index contributed by atoms with van der Waals surface area (Å²) in [7, 11) is 1.43. The van der Waals surface area contributed by atoms with Crippen LogP contribution in [0.5, 0.6) is 5.75 Å². The number of methoxy groups -OCH3 is 1. The van der Waals surface area contributed by atoms with Gasteiger partial charge in [-0.1, -0.05) is 30.3 Å². The zero-order chi connectivity index (χ0) is 20.2. The highest BCUT2D eigenvalue weighted by molar-refractivity contribution is 5.92. The lowest BCUT2D eigenvalue weighted by Crippen LogP contribution is -2.51. The normalized spacial score (nSPS) is 22.6. The van der Waals surface area contributed by atoms with E-state index in [1.807, 2.05) is 35.2 Å². The first-order valence-corrected chi connectivity index (χ1v) is 10.1. The number of amides is 1. The molecule has 1 aromatic carbocycles. The highest BCUT2D eigenvalue weighted by Crippen LogP contribution is 2.32. The fourth-order valence-corrected chi connectivity index (χ4v) is 4.27. The number of carbonyl (C=O) groups excluding carboxylic acids is 1. The van der Waals surface area contributed by atoms with Crippen molar-refractivity contribution in [3.05, 3.63) is 64.1 Å². The number of hydrogen-bond acceptors (Lipinski definition) is 5. The van der Waals surface area contributed by atoms with E-state index in [-0.39, 0.29) is 34.9 Å². The van der Waals surface area contributed by atoms with Gasteiger partial charge in [-0.15, -0.1) is 0 Å². The number of ether oxygens (including phenoxy) is 2. The molecule has 0 aliphatic carbocycles. The molecule has 2 atom stereocenters. The minimum absolute atomic E-state index is 0.113. The predicted octanol–water partition coefficient (Wildman–Crippen LogP) is 2.06. The molecule has 1 amide bonds. The Morgan fingerprint density at radius 3 is 2.66 bits per heavy atom. The number of aromatic nitrogens is 1. The van der Waals surface area contributed by atoms with Crippen molar-refractivity contribution < 1.29 is 14.3 Å². The summed E-state index contributed by atoms with van der Waals surface area (Å²) in [6, 6.07) is 11.1. The molecule has 29 heavy (non-hydrogen) atoms. The molecule has 0 spiro atoms. The number of rotatable bonds is 5. The van der Waals surface area contributed by atoms with Crippen molar-refractivity contribution in [1.82, 2.24) is 14.8 Å². The first-order chi connectivity index (χ1) is 14.2. The minimum Gasteiger partial charge on any atom is -0.491 e. The van der Waals surface area contributed by atoms with Crippen molar-refractivity contribution in [3.63, 3.8) is 0 Å². The summed E-state index contributed by atoms with van der Waals surface area (Å²) in [5, 5.41) is 0. The maximum absolute atomic E-state index is 13.4. The fraction of sp³-hybridized carbons (Fsp3) is 0.455. The van der Waals surface area contributed by atoms with Crippen LogP contribution in [0.3, 0.4) is 0 Å². The number of morpholine rings is 1. The second kappa shape index (κ2) is 8.80.